The molecule has 0 radical (unpaired) electrons. The van der Waals surface area contributed by atoms with Crippen LogP contribution in [0, 0.1) is 5.82 Å². The Morgan fingerprint density at radius 1 is 1.50 bits per heavy atom. The van der Waals surface area contributed by atoms with Crippen LogP contribution in [0.25, 0.3) is 4.96 Å². The molecule has 0 fully saturated rings. The van der Waals surface area contributed by atoms with E-state index in [-0.39, 0.29) is 17.4 Å². The largest absolute Gasteiger partial charge is 0.326 e. The normalized spacial score (nSPS) is 10.9. The van der Waals surface area contributed by atoms with E-state index in [1.807, 2.05) is 22.2 Å². The summed E-state index contributed by atoms with van der Waals surface area (Å²) in [6.07, 6.45) is 3.85. The quantitative estimate of drug-likeness (QED) is 0.806. The van der Waals surface area contributed by atoms with Gasteiger partial charge in [0, 0.05) is 23.5 Å². The molecule has 20 heavy (non-hydrogen) atoms. The first-order chi connectivity index (χ1) is 9.61. The number of hydrogen-bond acceptors (Lipinski definition) is 3. The Bertz CT molecular complexity index is 754. The predicted molar refractivity (Wildman–Crippen MR) is 76.8 cm³/mol. The molecule has 4 nitrogen and oxygen atoms in total. The number of carbonyl (C=O) groups excluding carboxylic acids is 1. The molecule has 3 rings (SSSR count). The number of thiazole rings is 1. The van der Waals surface area contributed by atoms with E-state index >= 15 is 0 Å². The third-order valence-corrected chi connectivity index (χ3v) is 3.75. The number of amides is 1. The Balaban J connectivity index is 1.70. The minimum absolute atomic E-state index is 0.0229. The first kappa shape index (κ1) is 13.1. The van der Waals surface area contributed by atoms with Crippen LogP contribution in [0.15, 0.2) is 36.0 Å². The van der Waals surface area contributed by atoms with Crippen molar-refractivity contribution in [2.75, 3.05) is 5.32 Å². The summed E-state index contributed by atoms with van der Waals surface area (Å²) in [5, 5.41) is 4.56. The highest BCUT2D eigenvalue weighted by Gasteiger charge is 2.09. The number of benzene rings is 1. The molecule has 0 aliphatic carbocycles. The number of aromatic nitrogens is 2. The zero-order valence-electron chi connectivity index (χ0n) is 10.1. The topological polar surface area (TPSA) is 46.4 Å². The van der Waals surface area contributed by atoms with Gasteiger partial charge in [-0.15, -0.1) is 11.3 Å². The zero-order chi connectivity index (χ0) is 14.1. The number of nitrogens with one attached hydrogen (secondary N) is 1. The number of halogens is 2. The van der Waals surface area contributed by atoms with Crippen molar-refractivity contribution in [1.29, 1.82) is 0 Å². The Morgan fingerprint density at radius 2 is 2.35 bits per heavy atom. The molecule has 0 aliphatic heterocycles. The van der Waals surface area contributed by atoms with Crippen LogP contribution in [0.3, 0.4) is 0 Å². The van der Waals surface area contributed by atoms with Crippen molar-refractivity contribution in [3.63, 3.8) is 0 Å². The van der Waals surface area contributed by atoms with Crippen molar-refractivity contribution < 1.29 is 9.18 Å². The molecule has 0 saturated carbocycles. The maximum Gasteiger partial charge on any atom is 0.230 e. The van der Waals surface area contributed by atoms with Gasteiger partial charge < -0.3 is 5.32 Å². The van der Waals surface area contributed by atoms with E-state index in [1.54, 1.807) is 0 Å². The summed E-state index contributed by atoms with van der Waals surface area (Å²) >= 11 is 7.16. The van der Waals surface area contributed by atoms with Gasteiger partial charge >= 0.3 is 0 Å². The summed E-state index contributed by atoms with van der Waals surface area (Å²) in [6.45, 7) is 0. The fourth-order valence-corrected chi connectivity index (χ4v) is 2.70. The van der Waals surface area contributed by atoms with E-state index < -0.39 is 5.82 Å². The van der Waals surface area contributed by atoms with E-state index in [4.69, 9.17) is 11.6 Å². The first-order valence-electron chi connectivity index (χ1n) is 5.78. The van der Waals surface area contributed by atoms with Crippen molar-refractivity contribution in [3.8, 4) is 0 Å². The monoisotopic (exact) mass is 309 g/mol. The van der Waals surface area contributed by atoms with Gasteiger partial charge in [0.05, 0.1) is 17.1 Å². The number of carbonyl (C=O) groups is 1. The molecule has 2 aromatic heterocycles. The fraction of sp³-hybridized carbons (Fsp3) is 0.0769. The summed E-state index contributed by atoms with van der Waals surface area (Å²) in [7, 11) is 0. The Labute approximate surface area is 122 Å². The van der Waals surface area contributed by atoms with Crippen LogP contribution >= 0.6 is 22.9 Å². The molecule has 1 aromatic carbocycles. The van der Waals surface area contributed by atoms with Crippen LogP contribution in [-0.2, 0) is 11.2 Å². The Morgan fingerprint density at radius 3 is 3.10 bits per heavy atom. The third-order valence-electron chi connectivity index (χ3n) is 2.69. The molecular weight excluding hydrogens is 301 g/mol. The molecule has 0 unspecified atom stereocenters. The smallest absolute Gasteiger partial charge is 0.230 e. The van der Waals surface area contributed by atoms with E-state index in [1.165, 1.54) is 29.5 Å². The average molecular weight is 310 g/mol. The predicted octanol–water partition coefficient (Wildman–Crippen LogP) is 3.37. The second kappa shape index (κ2) is 5.22. The molecular formula is C13H9ClFN3OS. The summed E-state index contributed by atoms with van der Waals surface area (Å²) in [4.78, 5) is 17.0. The van der Waals surface area contributed by atoms with Gasteiger partial charge in [-0.05, 0) is 18.2 Å². The molecule has 0 atom stereocenters. The van der Waals surface area contributed by atoms with Crippen molar-refractivity contribution in [2.45, 2.75) is 6.42 Å². The van der Waals surface area contributed by atoms with Gasteiger partial charge in [-0.2, -0.15) is 0 Å². The molecule has 0 saturated heterocycles. The molecule has 1 amide bonds. The van der Waals surface area contributed by atoms with Gasteiger partial charge in [0.1, 0.15) is 5.82 Å². The Kier molecular flexibility index (Phi) is 3.42. The molecule has 1 N–H and O–H groups in total. The van der Waals surface area contributed by atoms with Crippen molar-refractivity contribution in [1.82, 2.24) is 9.38 Å². The second-order valence-corrected chi connectivity index (χ2v) is 5.46. The molecule has 2 heterocycles. The lowest BCUT2D eigenvalue weighted by molar-refractivity contribution is -0.115. The number of imidazole rings is 1. The van der Waals surface area contributed by atoms with E-state index in [2.05, 4.69) is 10.3 Å². The fourth-order valence-electron chi connectivity index (χ4n) is 1.80. The standard InChI is InChI=1S/C13H9ClFN3OS/c14-10-5-8(1-2-11(10)15)16-12(19)6-9-7-18-3-4-20-13(18)17-9/h1-5,7H,6H2,(H,16,19). The number of rotatable bonds is 3. The van der Waals surface area contributed by atoms with Crippen LogP contribution in [0.1, 0.15) is 5.69 Å². The summed E-state index contributed by atoms with van der Waals surface area (Å²) in [6, 6.07) is 4.05. The third kappa shape index (κ3) is 2.66. The lowest BCUT2D eigenvalue weighted by Gasteiger charge is -2.04. The maximum atomic E-state index is 13.0. The van der Waals surface area contributed by atoms with Gasteiger partial charge in [-0.1, -0.05) is 11.6 Å². The van der Waals surface area contributed by atoms with E-state index in [0.29, 0.717) is 11.4 Å². The van der Waals surface area contributed by atoms with Gasteiger partial charge in [-0.3, -0.25) is 9.20 Å². The molecule has 7 heteroatoms. The maximum absolute atomic E-state index is 13.0. The van der Waals surface area contributed by atoms with Gasteiger partial charge in [0.2, 0.25) is 5.91 Å². The zero-order valence-corrected chi connectivity index (χ0v) is 11.7. The van der Waals surface area contributed by atoms with Crippen molar-refractivity contribution >= 4 is 39.5 Å². The molecule has 0 aliphatic rings. The van der Waals surface area contributed by atoms with Crippen LogP contribution in [0.5, 0.6) is 0 Å². The lowest BCUT2D eigenvalue weighted by atomic mass is 10.2. The van der Waals surface area contributed by atoms with Crippen LogP contribution in [0.2, 0.25) is 5.02 Å². The van der Waals surface area contributed by atoms with Gasteiger partial charge in [0.15, 0.2) is 4.96 Å². The number of anilines is 1. The molecule has 3 aromatic rings. The SMILES string of the molecule is O=C(Cc1cn2ccsc2n1)Nc1ccc(F)c(Cl)c1. The minimum atomic E-state index is -0.515. The first-order valence-corrected chi connectivity index (χ1v) is 7.03. The number of hydrogen-bond donors (Lipinski definition) is 1. The Hall–Kier alpha value is -1.92. The summed E-state index contributed by atoms with van der Waals surface area (Å²) in [5.41, 5.74) is 1.14. The van der Waals surface area contributed by atoms with E-state index in [0.717, 1.165) is 4.96 Å². The van der Waals surface area contributed by atoms with Crippen molar-refractivity contribution in [3.05, 3.63) is 52.5 Å². The van der Waals surface area contributed by atoms with E-state index in [9.17, 15) is 9.18 Å². The number of fused-ring (bicyclic) bond motifs is 1. The van der Waals surface area contributed by atoms with Gasteiger partial charge in [-0.25, -0.2) is 9.37 Å². The highest BCUT2D eigenvalue weighted by atomic mass is 35.5. The van der Waals surface area contributed by atoms with Crippen LogP contribution in [-0.4, -0.2) is 15.3 Å². The second-order valence-electron chi connectivity index (χ2n) is 4.18. The highest BCUT2D eigenvalue weighted by molar-refractivity contribution is 7.15. The highest BCUT2D eigenvalue weighted by Crippen LogP contribution is 2.19. The molecule has 102 valence electrons. The lowest BCUT2D eigenvalue weighted by Crippen LogP contribution is -2.14. The minimum Gasteiger partial charge on any atom is -0.326 e. The van der Waals surface area contributed by atoms with Crippen LogP contribution in [0.4, 0.5) is 10.1 Å². The van der Waals surface area contributed by atoms with Crippen LogP contribution < -0.4 is 5.32 Å². The van der Waals surface area contributed by atoms with Gasteiger partial charge in [0.25, 0.3) is 0 Å². The average Bonchev–Trinajstić information content (AvgIpc) is 2.94. The summed E-state index contributed by atoms with van der Waals surface area (Å²) in [5.74, 6) is -0.738. The van der Waals surface area contributed by atoms with Crippen molar-refractivity contribution in [2.24, 2.45) is 0 Å². The molecule has 0 bridgehead atoms. The molecule has 0 spiro atoms. The number of nitrogens with zero attached hydrogens (tertiary/aromatic N) is 2. The summed E-state index contributed by atoms with van der Waals surface area (Å²) < 4.78 is 14.9.